The van der Waals surface area contributed by atoms with E-state index in [1.54, 1.807) is 7.11 Å². The maximum atomic E-state index is 5.44. The minimum absolute atomic E-state index is 0.891. The molecule has 2 aromatic rings. The summed E-state index contributed by atoms with van der Waals surface area (Å²) in [4.78, 5) is 0. The fourth-order valence-corrected chi connectivity index (χ4v) is 2.74. The van der Waals surface area contributed by atoms with Gasteiger partial charge in [0.25, 0.3) is 0 Å². The largest absolute Gasteiger partial charge is 0.496 e. The Hall–Kier alpha value is -2.88. The van der Waals surface area contributed by atoms with E-state index in [9.17, 15) is 0 Å². The summed E-state index contributed by atoms with van der Waals surface area (Å²) in [5.41, 5.74) is 3.26. The Balaban J connectivity index is 1.84. The van der Waals surface area contributed by atoms with E-state index in [4.69, 9.17) is 4.74 Å². The summed E-state index contributed by atoms with van der Waals surface area (Å²) in [7, 11) is 1.70. The molecule has 0 bridgehead atoms. The molecule has 0 spiro atoms. The van der Waals surface area contributed by atoms with Gasteiger partial charge in [-0.15, -0.1) is 0 Å². The summed E-state index contributed by atoms with van der Waals surface area (Å²) in [5, 5.41) is 12.1. The highest BCUT2D eigenvalue weighted by molar-refractivity contribution is 6.06. The number of H-pyrrole nitrogens is 2. The van der Waals surface area contributed by atoms with Crippen LogP contribution in [0.15, 0.2) is 54.6 Å². The van der Waals surface area contributed by atoms with Crippen molar-refractivity contribution >= 4 is 22.3 Å². The third kappa shape index (κ3) is 1.84. The standard InChI is InChI=1S/C17H15N3O/c1-21-15-9-5-8-12-13(15)10-14-16(12)19-20-17(14)18-11-6-3-2-4-7-11/h2-10,18-20H,1H3. The normalized spacial score (nSPS) is 11.1. The molecule has 4 heteroatoms. The van der Waals surface area contributed by atoms with E-state index in [0.717, 1.165) is 39.3 Å². The minimum Gasteiger partial charge on any atom is -0.496 e. The number of aromatic amines is 2. The Morgan fingerprint density at radius 3 is 2.57 bits per heavy atom. The maximum absolute atomic E-state index is 5.44. The summed E-state index contributed by atoms with van der Waals surface area (Å²) in [5.74, 6) is 1.84. The summed E-state index contributed by atoms with van der Waals surface area (Å²) in [6, 6.07) is 18.3. The number of aromatic nitrogens is 2. The first kappa shape index (κ1) is 11.9. The third-order valence-corrected chi connectivity index (χ3v) is 3.74. The molecule has 104 valence electrons. The lowest BCUT2D eigenvalue weighted by molar-refractivity contribution is 0.420. The first-order valence-corrected chi connectivity index (χ1v) is 6.84. The smallest absolute Gasteiger partial charge is 0.132 e. The van der Waals surface area contributed by atoms with Crippen molar-refractivity contribution in [1.29, 1.82) is 0 Å². The van der Waals surface area contributed by atoms with Gasteiger partial charge in [0.1, 0.15) is 11.6 Å². The zero-order chi connectivity index (χ0) is 14.2. The zero-order valence-corrected chi connectivity index (χ0v) is 11.6. The molecule has 0 unspecified atom stereocenters. The number of fused-ring (bicyclic) bond motifs is 3. The summed E-state index contributed by atoms with van der Waals surface area (Å²) >= 11 is 0. The monoisotopic (exact) mass is 277 g/mol. The van der Waals surface area contributed by atoms with Crippen molar-refractivity contribution in [3.8, 4) is 17.0 Å². The Morgan fingerprint density at radius 1 is 0.905 bits per heavy atom. The van der Waals surface area contributed by atoms with Crippen molar-refractivity contribution in [3.63, 3.8) is 0 Å². The maximum Gasteiger partial charge on any atom is 0.132 e. The van der Waals surface area contributed by atoms with Crippen LogP contribution < -0.4 is 10.1 Å². The first-order chi connectivity index (χ1) is 10.4. The molecule has 0 radical (unpaired) electrons. The van der Waals surface area contributed by atoms with Gasteiger partial charge in [-0.25, -0.2) is 0 Å². The molecule has 21 heavy (non-hydrogen) atoms. The van der Waals surface area contributed by atoms with Gasteiger partial charge in [-0.05, 0) is 24.3 Å². The SMILES string of the molecule is COc1cccc2c3[nH][nH]c(Nc4ccccc4)c-3cc12. The molecule has 1 aliphatic carbocycles. The molecule has 2 aromatic carbocycles. The molecule has 3 N–H and O–H groups in total. The molecule has 0 aromatic heterocycles. The van der Waals surface area contributed by atoms with Gasteiger partial charge in [0, 0.05) is 22.0 Å². The summed E-state index contributed by atoms with van der Waals surface area (Å²) < 4.78 is 5.44. The number of rotatable bonds is 3. The van der Waals surface area contributed by atoms with Crippen LogP contribution in [0.25, 0.3) is 22.0 Å². The molecule has 4 rings (SSSR count). The predicted molar refractivity (Wildman–Crippen MR) is 85.5 cm³/mol. The molecule has 0 amide bonds. The number of benzene rings is 2. The average molecular weight is 277 g/mol. The van der Waals surface area contributed by atoms with Crippen LogP contribution in [0.3, 0.4) is 0 Å². The van der Waals surface area contributed by atoms with Crippen molar-refractivity contribution < 1.29 is 4.74 Å². The lowest BCUT2D eigenvalue weighted by atomic mass is 10.2. The number of hydrogen-bond acceptors (Lipinski definition) is 2. The van der Waals surface area contributed by atoms with Crippen LogP contribution in [-0.4, -0.2) is 17.3 Å². The number of methoxy groups -OCH3 is 1. The van der Waals surface area contributed by atoms with Gasteiger partial charge in [0.15, 0.2) is 0 Å². The van der Waals surface area contributed by atoms with Gasteiger partial charge in [-0.3, -0.25) is 10.2 Å². The predicted octanol–water partition coefficient (Wildman–Crippen LogP) is 4.35. The second-order valence-corrected chi connectivity index (χ2v) is 4.97. The molecule has 1 aliphatic heterocycles. The molecular formula is C17H15N3O. The highest BCUT2D eigenvalue weighted by Crippen LogP contribution is 2.41. The van der Waals surface area contributed by atoms with E-state index in [1.807, 2.05) is 42.5 Å². The van der Waals surface area contributed by atoms with Gasteiger partial charge in [0.05, 0.1) is 12.8 Å². The summed E-state index contributed by atoms with van der Waals surface area (Å²) in [6.45, 7) is 0. The topological polar surface area (TPSA) is 52.8 Å². The fourth-order valence-electron chi connectivity index (χ4n) is 2.74. The number of anilines is 2. The van der Waals surface area contributed by atoms with Crippen LogP contribution in [-0.2, 0) is 0 Å². The third-order valence-electron chi connectivity index (χ3n) is 3.74. The first-order valence-electron chi connectivity index (χ1n) is 6.84. The van der Waals surface area contributed by atoms with Crippen molar-refractivity contribution in [2.45, 2.75) is 0 Å². The van der Waals surface area contributed by atoms with Gasteiger partial charge in [-0.2, -0.15) is 0 Å². The second kappa shape index (κ2) is 4.59. The van der Waals surface area contributed by atoms with Crippen LogP contribution in [0.2, 0.25) is 0 Å². The zero-order valence-electron chi connectivity index (χ0n) is 11.6. The highest BCUT2D eigenvalue weighted by Gasteiger charge is 2.18. The Kier molecular flexibility index (Phi) is 2.60. The van der Waals surface area contributed by atoms with Crippen LogP contribution in [0, 0.1) is 0 Å². The Morgan fingerprint density at radius 2 is 1.76 bits per heavy atom. The quantitative estimate of drug-likeness (QED) is 0.521. The van der Waals surface area contributed by atoms with E-state index in [0.29, 0.717) is 0 Å². The molecule has 4 nitrogen and oxygen atoms in total. The Labute approximate surface area is 122 Å². The Bertz CT molecular complexity index is 860. The molecule has 2 aliphatic rings. The van der Waals surface area contributed by atoms with E-state index in [1.165, 1.54) is 0 Å². The van der Waals surface area contributed by atoms with Gasteiger partial charge in [-0.1, -0.05) is 30.3 Å². The van der Waals surface area contributed by atoms with Crippen molar-refractivity contribution in [1.82, 2.24) is 10.2 Å². The molecule has 0 saturated heterocycles. The number of nitrogens with one attached hydrogen (secondary N) is 3. The fraction of sp³-hybridized carbons (Fsp3) is 0.0588. The number of ether oxygens (including phenoxy) is 1. The van der Waals surface area contributed by atoms with Crippen LogP contribution >= 0.6 is 0 Å². The van der Waals surface area contributed by atoms with E-state index in [2.05, 4.69) is 27.6 Å². The second-order valence-electron chi connectivity index (χ2n) is 4.97. The lowest BCUT2D eigenvalue weighted by Gasteiger charge is -2.03. The van der Waals surface area contributed by atoms with Gasteiger partial charge in [0.2, 0.25) is 0 Å². The van der Waals surface area contributed by atoms with Crippen molar-refractivity contribution in [3.05, 3.63) is 54.6 Å². The van der Waals surface area contributed by atoms with Gasteiger partial charge >= 0.3 is 0 Å². The molecule has 1 heterocycles. The molecule has 0 saturated carbocycles. The van der Waals surface area contributed by atoms with Crippen LogP contribution in [0.5, 0.6) is 5.75 Å². The summed E-state index contributed by atoms with van der Waals surface area (Å²) in [6.07, 6.45) is 0. The number of hydrogen-bond donors (Lipinski definition) is 3. The van der Waals surface area contributed by atoms with Crippen molar-refractivity contribution in [2.75, 3.05) is 12.4 Å². The van der Waals surface area contributed by atoms with Gasteiger partial charge < -0.3 is 10.1 Å². The van der Waals surface area contributed by atoms with E-state index >= 15 is 0 Å². The lowest BCUT2D eigenvalue weighted by Crippen LogP contribution is -1.90. The van der Waals surface area contributed by atoms with E-state index in [-0.39, 0.29) is 0 Å². The van der Waals surface area contributed by atoms with Crippen LogP contribution in [0.1, 0.15) is 0 Å². The highest BCUT2D eigenvalue weighted by atomic mass is 16.5. The molecular weight excluding hydrogens is 262 g/mol. The minimum atomic E-state index is 0.891. The molecule has 0 atom stereocenters. The average Bonchev–Trinajstić information content (AvgIpc) is 3.08. The molecule has 0 fully saturated rings. The van der Waals surface area contributed by atoms with E-state index < -0.39 is 0 Å². The van der Waals surface area contributed by atoms with Crippen LogP contribution in [0.4, 0.5) is 11.5 Å². The number of para-hydroxylation sites is 1. The van der Waals surface area contributed by atoms with Crippen molar-refractivity contribution in [2.24, 2.45) is 0 Å².